The first kappa shape index (κ1) is 10.7. The van der Waals surface area contributed by atoms with Crippen LogP contribution in [0.15, 0.2) is 22.8 Å². The maximum absolute atomic E-state index is 4.36. The molecule has 1 heterocycles. The first-order chi connectivity index (χ1) is 6.16. The highest BCUT2D eigenvalue weighted by atomic mass is 79.9. The van der Waals surface area contributed by atoms with Gasteiger partial charge in [0.15, 0.2) is 0 Å². The van der Waals surface area contributed by atoms with Gasteiger partial charge in [-0.25, -0.2) is 0 Å². The average Bonchev–Trinajstić information content (AvgIpc) is 2.09. The number of nitrogens with zero attached hydrogens (tertiary/aromatic N) is 1. The van der Waals surface area contributed by atoms with Crippen molar-refractivity contribution in [1.82, 2.24) is 10.3 Å². The molecule has 0 saturated carbocycles. The number of hydrogen-bond donors (Lipinski definition) is 1. The number of halogens is 1. The van der Waals surface area contributed by atoms with Gasteiger partial charge in [-0.3, -0.25) is 4.98 Å². The minimum absolute atomic E-state index is 0.315. The van der Waals surface area contributed by atoms with E-state index < -0.39 is 0 Å². The fourth-order valence-corrected chi connectivity index (χ4v) is 1.91. The van der Waals surface area contributed by atoms with E-state index in [2.05, 4.69) is 40.1 Å². The second kappa shape index (κ2) is 4.72. The van der Waals surface area contributed by atoms with Crippen molar-refractivity contribution in [1.29, 1.82) is 0 Å². The SMILES string of the molecule is CNC(c1ncccc1Br)C(C)C. The smallest absolute Gasteiger partial charge is 0.0717 e. The molecular weight excluding hydrogens is 228 g/mol. The molecule has 1 unspecified atom stereocenters. The van der Waals surface area contributed by atoms with Crippen LogP contribution in [0.3, 0.4) is 0 Å². The van der Waals surface area contributed by atoms with E-state index in [9.17, 15) is 0 Å². The Bertz CT molecular complexity index is 273. The van der Waals surface area contributed by atoms with E-state index in [1.807, 2.05) is 25.4 Å². The van der Waals surface area contributed by atoms with Crippen LogP contribution in [-0.2, 0) is 0 Å². The summed E-state index contributed by atoms with van der Waals surface area (Å²) in [4.78, 5) is 4.36. The highest BCUT2D eigenvalue weighted by Gasteiger charge is 2.16. The van der Waals surface area contributed by atoms with E-state index >= 15 is 0 Å². The summed E-state index contributed by atoms with van der Waals surface area (Å²) in [5, 5.41) is 3.27. The molecule has 0 bridgehead atoms. The van der Waals surface area contributed by atoms with Crippen LogP contribution in [-0.4, -0.2) is 12.0 Å². The van der Waals surface area contributed by atoms with Gasteiger partial charge in [-0.15, -0.1) is 0 Å². The summed E-state index contributed by atoms with van der Waals surface area (Å²) in [6.45, 7) is 4.37. The van der Waals surface area contributed by atoms with Crippen molar-refractivity contribution in [3.63, 3.8) is 0 Å². The normalized spacial score (nSPS) is 13.3. The van der Waals surface area contributed by atoms with Gasteiger partial charge in [0.25, 0.3) is 0 Å². The quantitative estimate of drug-likeness (QED) is 0.882. The first-order valence-electron chi connectivity index (χ1n) is 4.44. The van der Waals surface area contributed by atoms with Gasteiger partial charge in [0.1, 0.15) is 0 Å². The van der Waals surface area contributed by atoms with Crippen LogP contribution in [0.2, 0.25) is 0 Å². The molecule has 1 atom stereocenters. The molecule has 1 aromatic heterocycles. The molecule has 0 aliphatic heterocycles. The van der Waals surface area contributed by atoms with Crippen molar-refractivity contribution in [2.45, 2.75) is 19.9 Å². The Morgan fingerprint density at radius 3 is 2.62 bits per heavy atom. The zero-order chi connectivity index (χ0) is 9.84. The van der Waals surface area contributed by atoms with Crippen LogP contribution in [0.4, 0.5) is 0 Å². The fourth-order valence-electron chi connectivity index (χ4n) is 1.41. The lowest BCUT2D eigenvalue weighted by molar-refractivity contribution is 0.432. The summed E-state index contributed by atoms with van der Waals surface area (Å²) in [5.41, 5.74) is 1.08. The highest BCUT2D eigenvalue weighted by molar-refractivity contribution is 9.10. The average molecular weight is 243 g/mol. The number of rotatable bonds is 3. The van der Waals surface area contributed by atoms with Gasteiger partial charge in [-0.1, -0.05) is 13.8 Å². The summed E-state index contributed by atoms with van der Waals surface area (Å²) in [6.07, 6.45) is 1.83. The predicted molar refractivity (Wildman–Crippen MR) is 58.6 cm³/mol. The van der Waals surface area contributed by atoms with E-state index in [0.29, 0.717) is 12.0 Å². The van der Waals surface area contributed by atoms with Crippen molar-refractivity contribution in [3.8, 4) is 0 Å². The molecule has 3 heteroatoms. The topological polar surface area (TPSA) is 24.9 Å². The van der Waals surface area contributed by atoms with E-state index in [1.54, 1.807) is 0 Å². The molecule has 72 valence electrons. The Morgan fingerprint density at radius 2 is 2.15 bits per heavy atom. The minimum Gasteiger partial charge on any atom is -0.311 e. The third kappa shape index (κ3) is 2.51. The van der Waals surface area contributed by atoms with Crippen molar-refractivity contribution >= 4 is 15.9 Å². The number of pyridine rings is 1. The van der Waals surface area contributed by atoms with Crippen LogP contribution >= 0.6 is 15.9 Å². The van der Waals surface area contributed by atoms with Crippen molar-refractivity contribution < 1.29 is 0 Å². The molecule has 1 N–H and O–H groups in total. The fraction of sp³-hybridized carbons (Fsp3) is 0.500. The summed E-state index contributed by atoms with van der Waals surface area (Å²) in [7, 11) is 1.96. The van der Waals surface area contributed by atoms with Gasteiger partial charge in [0, 0.05) is 10.7 Å². The van der Waals surface area contributed by atoms with E-state index in [-0.39, 0.29) is 0 Å². The third-order valence-electron chi connectivity index (χ3n) is 2.06. The maximum atomic E-state index is 4.36. The molecule has 0 aliphatic carbocycles. The summed E-state index contributed by atoms with van der Waals surface area (Å²) >= 11 is 3.50. The Kier molecular flexibility index (Phi) is 3.88. The molecular formula is C10H15BrN2. The maximum Gasteiger partial charge on any atom is 0.0717 e. The molecule has 13 heavy (non-hydrogen) atoms. The molecule has 0 aromatic carbocycles. The second-order valence-corrected chi connectivity index (χ2v) is 4.24. The molecule has 0 fully saturated rings. The summed E-state index contributed by atoms with van der Waals surface area (Å²) in [6, 6.07) is 4.27. The van der Waals surface area contributed by atoms with Crippen LogP contribution < -0.4 is 5.32 Å². The van der Waals surface area contributed by atoms with E-state index in [0.717, 1.165) is 10.2 Å². The Morgan fingerprint density at radius 1 is 1.46 bits per heavy atom. The van der Waals surface area contributed by atoms with Crippen LogP contribution in [0.25, 0.3) is 0 Å². The molecule has 1 rings (SSSR count). The lowest BCUT2D eigenvalue weighted by Crippen LogP contribution is -2.23. The molecule has 0 amide bonds. The van der Waals surface area contributed by atoms with Gasteiger partial charge in [-0.05, 0) is 41.0 Å². The predicted octanol–water partition coefficient (Wildman–Crippen LogP) is 2.76. The molecule has 0 spiro atoms. The largest absolute Gasteiger partial charge is 0.311 e. The summed E-state index contributed by atoms with van der Waals surface area (Å²) in [5.74, 6) is 0.538. The zero-order valence-electron chi connectivity index (χ0n) is 8.21. The van der Waals surface area contributed by atoms with Crippen LogP contribution in [0.5, 0.6) is 0 Å². The van der Waals surface area contributed by atoms with Gasteiger partial charge >= 0.3 is 0 Å². The Labute approximate surface area is 87.9 Å². The van der Waals surface area contributed by atoms with Gasteiger partial charge in [0.2, 0.25) is 0 Å². The molecule has 0 aliphatic rings. The second-order valence-electron chi connectivity index (χ2n) is 3.38. The van der Waals surface area contributed by atoms with Gasteiger partial charge in [-0.2, -0.15) is 0 Å². The standard InChI is InChI=1S/C10H15BrN2/c1-7(2)9(12-3)10-8(11)5-4-6-13-10/h4-7,9,12H,1-3H3. The monoisotopic (exact) mass is 242 g/mol. The van der Waals surface area contributed by atoms with Gasteiger partial charge in [0.05, 0.1) is 11.7 Å². The van der Waals surface area contributed by atoms with Crippen LogP contribution in [0.1, 0.15) is 25.6 Å². The number of aromatic nitrogens is 1. The minimum atomic E-state index is 0.315. The van der Waals surface area contributed by atoms with Crippen molar-refractivity contribution in [3.05, 3.63) is 28.5 Å². The molecule has 0 saturated heterocycles. The van der Waals surface area contributed by atoms with Crippen molar-refractivity contribution in [2.24, 2.45) is 5.92 Å². The summed E-state index contributed by atoms with van der Waals surface area (Å²) < 4.78 is 1.07. The van der Waals surface area contributed by atoms with Gasteiger partial charge < -0.3 is 5.32 Å². The molecule has 2 nitrogen and oxygen atoms in total. The molecule has 1 aromatic rings. The lowest BCUT2D eigenvalue weighted by atomic mass is 10.0. The Balaban J connectivity index is 2.97. The lowest BCUT2D eigenvalue weighted by Gasteiger charge is -2.20. The first-order valence-corrected chi connectivity index (χ1v) is 5.23. The highest BCUT2D eigenvalue weighted by Crippen LogP contribution is 2.25. The third-order valence-corrected chi connectivity index (χ3v) is 2.73. The Hall–Kier alpha value is -0.410. The molecule has 0 radical (unpaired) electrons. The van der Waals surface area contributed by atoms with E-state index in [4.69, 9.17) is 0 Å². The van der Waals surface area contributed by atoms with Crippen molar-refractivity contribution in [2.75, 3.05) is 7.05 Å². The number of hydrogen-bond acceptors (Lipinski definition) is 2. The van der Waals surface area contributed by atoms with E-state index in [1.165, 1.54) is 0 Å². The van der Waals surface area contributed by atoms with Crippen LogP contribution in [0, 0.1) is 5.92 Å². The zero-order valence-corrected chi connectivity index (χ0v) is 9.80. The number of nitrogens with one attached hydrogen (secondary N) is 1.